The second kappa shape index (κ2) is 7.04. The minimum Gasteiger partial charge on any atom is -0.461 e. The smallest absolute Gasteiger partial charge is 0.200 e. The van der Waals surface area contributed by atoms with E-state index >= 15 is 0 Å². The second-order valence-electron chi connectivity index (χ2n) is 5.96. The van der Waals surface area contributed by atoms with Gasteiger partial charge in [-0.1, -0.05) is 55.9 Å². The van der Waals surface area contributed by atoms with E-state index in [2.05, 4.69) is 59.8 Å². The third-order valence-electron chi connectivity index (χ3n) is 3.56. The van der Waals surface area contributed by atoms with Gasteiger partial charge in [0.25, 0.3) is 0 Å². The first-order chi connectivity index (χ1) is 11.1. The van der Waals surface area contributed by atoms with Crippen LogP contribution in [0.1, 0.15) is 31.6 Å². The van der Waals surface area contributed by atoms with Gasteiger partial charge in [0.05, 0.1) is 6.26 Å². The molecule has 2 aromatic heterocycles. The van der Waals surface area contributed by atoms with Crippen molar-refractivity contribution >= 4 is 11.8 Å². The van der Waals surface area contributed by atoms with E-state index < -0.39 is 0 Å². The molecule has 120 valence electrons. The minimum absolute atomic E-state index is 0.316. The summed E-state index contributed by atoms with van der Waals surface area (Å²) in [6, 6.07) is 14.3. The summed E-state index contributed by atoms with van der Waals surface area (Å²) in [5.41, 5.74) is 1.29. The van der Waals surface area contributed by atoms with Crippen LogP contribution in [0.25, 0.3) is 11.6 Å². The Kier molecular flexibility index (Phi) is 4.86. The Balaban J connectivity index is 1.90. The van der Waals surface area contributed by atoms with E-state index in [4.69, 9.17) is 4.42 Å². The van der Waals surface area contributed by atoms with Gasteiger partial charge in [-0.15, -0.1) is 10.2 Å². The van der Waals surface area contributed by atoms with Gasteiger partial charge in [0.2, 0.25) is 0 Å². The molecule has 23 heavy (non-hydrogen) atoms. The van der Waals surface area contributed by atoms with Crippen LogP contribution >= 0.6 is 11.8 Å². The first-order valence-electron chi connectivity index (χ1n) is 7.84. The number of aromatic nitrogens is 3. The largest absolute Gasteiger partial charge is 0.461 e. The van der Waals surface area contributed by atoms with Crippen molar-refractivity contribution in [3.8, 4) is 11.6 Å². The van der Waals surface area contributed by atoms with Crippen LogP contribution in [0.5, 0.6) is 0 Å². The molecule has 0 bridgehead atoms. The standard InChI is InChI=1S/C18H21N3OS/c1-13(2)12-21-17(16-10-7-11-22-16)19-20-18(21)23-14(3)15-8-5-4-6-9-15/h4-11,13-14H,12H2,1-3H3. The molecule has 0 aliphatic heterocycles. The summed E-state index contributed by atoms with van der Waals surface area (Å²) in [4.78, 5) is 0. The van der Waals surface area contributed by atoms with Gasteiger partial charge in [-0.25, -0.2) is 0 Å². The summed E-state index contributed by atoms with van der Waals surface area (Å²) in [5.74, 6) is 2.06. The molecule has 0 saturated heterocycles. The van der Waals surface area contributed by atoms with Crippen LogP contribution in [0, 0.1) is 5.92 Å². The fourth-order valence-electron chi connectivity index (χ4n) is 2.44. The molecule has 0 amide bonds. The highest BCUT2D eigenvalue weighted by molar-refractivity contribution is 7.99. The van der Waals surface area contributed by atoms with Crippen LogP contribution in [-0.2, 0) is 6.54 Å². The monoisotopic (exact) mass is 327 g/mol. The summed E-state index contributed by atoms with van der Waals surface area (Å²) < 4.78 is 7.67. The third kappa shape index (κ3) is 3.67. The SMILES string of the molecule is CC(C)Cn1c(SC(C)c2ccccc2)nnc1-c1ccco1. The van der Waals surface area contributed by atoms with E-state index in [0.717, 1.165) is 23.3 Å². The molecule has 3 aromatic rings. The summed E-state index contributed by atoms with van der Waals surface area (Å²) in [7, 11) is 0. The molecular weight excluding hydrogens is 306 g/mol. The van der Waals surface area contributed by atoms with E-state index in [-0.39, 0.29) is 0 Å². The van der Waals surface area contributed by atoms with Crippen molar-refractivity contribution in [2.24, 2.45) is 5.92 Å². The molecule has 4 nitrogen and oxygen atoms in total. The van der Waals surface area contributed by atoms with Gasteiger partial charge in [0.15, 0.2) is 16.7 Å². The summed E-state index contributed by atoms with van der Waals surface area (Å²) >= 11 is 1.73. The molecule has 0 aliphatic rings. The van der Waals surface area contributed by atoms with Crippen molar-refractivity contribution in [3.05, 3.63) is 54.3 Å². The van der Waals surface area contributed by atoms with E-state index in [9.17, 15) is 0 Å². The number of benzene rings is 1. The maximum atomic E-state index is 5.51. The Bertz CT molecular complexity index is 735. The molecule has 5 heteroatoms. The Morgan fingerprint density at radius 3 is 2.48 bits per heavy atom. The highest BCUT2D eigenvalue weighted by Gasteiger charge is 2.19. The Morgan fingerprint density at radius 2 is 1.83 bits per heavy atom. The molecule has 2 heterocycles. The number of hydrogen-bond acceptors (Lipinski definition) is 4. The highest BCUT2D eigenvalue weighted by atomic mass is 32.2. The summed E-state index contributed by atoms with van der Waals surface area (Å²) in [5, 5.41) is 10.0. The van der Waals surface area contributed by atoms with E-state index in [1.807, 2.05) is 18.2 Å². The molecule has 0 radical (unpaired) electrons. The van der Waals surface area contributed by atoms with E-state index in [1.165, 1.54) is 5.56 Å². The van der Waals surface area contributed by atoms with Gasteiger partial charge in [-0.3, -0.25) is 4.57 Å². The van der Waals surface area contributed by atoms with Crippen LogP contribution < -0.4 is 0 Å². The van der Waals surface area contributed by atoms with Crippen LogP contribution in [0.4, 0.5) is 0 Å². The average molecular weight is 327 g/mol. The third-order valence-corrected chi connectivity index (χ3v) is 4.70. The number of thioether (sulfide) groups is 1. The Labute approximate surface area is 140 Å². The molecule has 0 spiro atoms. The van der Waals surface area contributed by atoms with Crippen molar-refractivity contribution in [2.45, 2.75) is 37.7 Å². The fourth-order valence-corrected chi connectivity index (χ4v) is 3.43. The maximum Gasteiger partial charge on any atom is 0.200 e. The molecule has 0 fully saturated rings. The van der Waals surface area contributed by atoms with E-state index in [0.29, 0.717) is 11.2 Å². The van der Waals surface area contributed by atoms with Crippen molar-refractivity contribution in [1.82, 2.24) is 14.8 Å². The lowest BCUT2D eigenvalue weighted by atomic mass is 10.2. The van der Waals surface area contributed by atoms with Gasteiger partial charge >= 0.3 is 0 Å². The number of hydrogen-bond donors (Lipinski definition) is 0. The predicted octanol–water partition coefficient (Wildman–Crippen LogP) is 5.05. The Hall–Kier alpha value is -2.01. The zero-order valence-corrected chi connectivity index (χ0v) is 14.5. The second-order valence-corrected chi connectivity index (χ2v) is 7.27. The highest BCUT2D eigenvalue weighted by Crippen LogP contribution is 2.35. The van der Waals surface area contributed by atoms with Crippen LogP contribution in [0.2, 0.25) is 0 Å². The number of furan rings is 1. The molecule has 0 aliphatic carbocycles. The van der Waals surface area contributed by atoms with Gasteiger partial charge in [-0.05, 0) is 30.5 Å². The van der Waals surface area contributed by atoms with Crippen molar-refractivity contribution in [2.75, 3.05) is 0 Å². The quantitative estimate of drug-likeness (QED) is 0.594. The topological polar surface area (TPSA) is 43.9 Å². The fraction of sp³-hybridized carbons (Fsp3) is 0.333. The van der Waals surface area contributed by atoms with E-state index in [1.54, 1.807) is 18.0 Å². The van der Waals surface area contributed by atoms with Gasteiger partial charge < -0.3 is 4.42 Å². The lowest BCUT2D eigenvalue weighted by Crippen LogP contribution is -2.08. The summed E-state index contributed by atoms with van der Waals surface area (Å²) in [6.07, 6.45) is 1.67. The van der Waals surface area contributed by atoms with Crippen molar-refractivity contribution in [3.63, 3.8) is 0 Å². The summed E-state index contributed by atoms with van der Waals surface area (Å²) in [6.45, 7) is 7.45. The lowest BCUT2D eigenvalue weighted by molar-refractivity contribution is 0.489. The molecule has 0 saturated carbocycles. The van der Waals surface area contributed by atoms with Gasteiger partial charge in [-0.2, -0.15) is 0 Å². The Morgan fingerprint density at radius 1 is 1.04 bits per heavy atom. The normalized spacial score (nSPS) is 12.7. The first kappa shape index (κ1) is 15.9. The lowest BCUT2D eigenvalue weighted by Gasteiger charge is -2.14. The van der Waals surface area contributed by atoms with Crippen LogP contribution in [0.3, 0.4) is 0 Å². The zero-order chi connectivity index (χ0) is 16.2. The van der Waals surface area contributed by atoms with Crippen LogP contribution in [-0.4, -0.2) is 14.8 Å². The first-order valence-corrected chi connectivity index (χ1v) is 8.71. The van der Waals surface area contributed by atoms with Crippen molar-refractivity contribution in [1.29, 1.82) is 0 Å². The molecule has 3 rings (SSSR count). The molecule has 0 N–H and O–H groups in total. The van der Waals surface area contributed by atoms with Crippen molar-refractivity contribution < 1.29 is 4.42 Å². The van der Waals surface area contributed by atoms with Gasteiger partial charge in [0.1, 0.15) is 0 Å². The molecule has 1 aromatic carbocycles. The minimum atomic E-state index is 0.316. The molecule has 1 atom stereocenters. The average Bonchev–Trinajstić information content (AvgIpc) is 3.18. The zero-order valence-electron chi connectivity index (χ0n) is 13.6. The molecular formula is C18H21N3OS. The van der Waals surface area contributed by atoms with Crippen LogP contribution in [0.15, 0.2) is 58.3 Å². The number of nitrogens with zero attached hydrogens (tertiary/aromatic N) is 3. The van der Waals surface area contributed by atoms with Gasteiger partial charge in [0, 0.05) is 11.8 Å². The maximum absolute atomic E-state index is 5.51. The predicted molar refractivity (Wildman–Crippen MR) is 93.3 cm³/mol. The number of rotatable bonds is 6. The molecule has 1 unspecified atom stereocenters.